The van der Waals surface area contributed by atoms with Crippen LogP contribution in [0.3, 0.4) is 0 Å². The molecule has 0 heterocycles. The summed E-state index contributed by atoms with van der Waals surface area (Å²) in [4.78, 5) is 12.0. The molecule has 0 radical (unpaired) electrons. The van der Waals surface area contributed by atoms with Crippen LogP contribution in [0, 0.1) is 11.3 Å². The maximum absolute atomic E-state index is 12.0. The highest BCUT2D eigenvalue weighted by atomic mass is 16.3. The van der Waals surface area contributed by atoms with E-state index in [9.17, 15) is 15.2 Å². The summed E-state index contributed by atoms with van der Waals surface area (Å²) in [6.07, 6.45) is 1.51. The number of amides is 1. The quantitative estimate of drug-likeness (QED) is 0.578. The van der Waals surface area contributed by atoms with Crippen molar-refractivity contribution in [2.24, 2.45) is 0 Å². The molecule has 0 spiro atoms. The van der Waals surface area contributed by atoms with Gasteiger partial charge in [-0.15, -0.1) is 0 Å². The second-order valence-corrected chi connectivity index (χ2v) is 8.11. The van der Waals surface area contributed by atoms with Crippen LogP contribution in [0.25, 0.3) is 6.08 Å². The number of benzene rings is 1. The molecule has 0 unspecified atom stereocenters. The number of aromatic hydroxyl groups is 1. The van der Waals surface area contributed by atoms with Gasteiger partial charge in [0.1, 0.15) is 17.4 Å². The Hall–Kier alpha value is -2.32. The molecule has 1 aromatic rings. The molecule has 1 amide bonds. The van der Waals surface area contributed by atoms with E-state index in [0.717, 1.165) is 11.1 Å². The number of hydrogen-bond donors (Lipinski definition) is 3. The Balaban J connectivity index is 3.53. The fraction of sp³-hybridized carbons (Fsp3) is 0.500. The molecule has 1 rings (SSSR count). The molecule has 0 bridgehead atoms. The van der Waals surface area contributed by atoms with Crippen LogP contribution in [0.1, 0.15) is 58.2 Å². The summed E-state index contributed by atoms with van der Waals surface area (Å²) < 4.78 is 0. The van der Waals surface area contributed by atoms with E-state index in [1.807, 2.05) is 47.6 Å². The average Bonchev–Trinajstić information content (AvgIpc) is 2.49. The summed E-state index contributed by atoms with van der Waals surface area (Å²) >= 11 is 0. The van der Waals surface area contributed by atoms with Crippen LogP contribution in [0.15, 0.2) is 17.7 Å². The lowest BCUT2D eigenvalue weighted by Crippen LogP contribution is -2.27. The van der Waals surface area contributed by atoms with Crippen molar-refractivity contribution in [3.8, 4) is 11.8 Å². The topological polar surface area (TPSA) is 93.4 Å². The molecular formula is C20H28N2O3. The van der Waals surface area contributed by atoms with Crippen molar-refractivity contribution >= 4 is 12.0 Å². The highest BCUT2D eigenvalue weighted by molar-refractivity contribution is 6.01. The molecule has 5 heteroatoms. The fourth-order valence-corrected chi connectivity index (χ4v) is 2.46. The largest absolute Gasteiger partial charge is 0.507 e. The number of aliphatic hydroxyl groups excluding tert-OH is 1. The van der Waals surface area contributed by atoms with Gasteiger partial charge in [0.05, 0.1) is 6.61 Å². The third-order valence-electron chi connectivity index (χ3n) is 3.82. The SMILES string of the molecule is CC(C)(C)c1cc(/C=C(\C#N)C(=O)NCCO)cc(C(C)(C)C)c1O. The molecule has 0 aliphatic rings. The Labute approximate surface area is 150 Å². The summed E-state index contributed by atoms with van der Waals surface area (Å²) in [7, 11) is 0. The zero-order valence-electron chi connectivity index (χ0n) is 15.9. The van der Waals surface area contributed by atoms with Crippen molar-refractivity contribution in [1.82, 2.24) is 5.32 Å². The van der Waals surface area contributed by atoms with Crippen LogP contribution in [0.4, 0.5) is 0 Å². The highest BCUT2D eigenvalue weighted by Gasteiger charge is 2.26. The minimum atomic E-state index is -0.528. The second-order valence-electron chi connectivity index (χ2n) is 8.11. The van der Waals surface area contributed by atoms with Gasteiger partial charge in [-0.1, -0.05) is 41.5 Å². The van der Waals surface area contributed by atoms with Crippen molar-refractivity contribution in [3.63, 3.8) is 0 Å². The first kappa shape index (κ1) is 20.7. The maximum atomic E-state index is 12.0. The molecule has 25 heavy (non-hydrogen) atoms. The standard InChI is InChI=1S/C20H28N2O3/c1-19(2,3)15-10-13(11-16(17(15)24)20(4,5)6)9-14(12-21)18(25)22-7-8-23/h9-11,23-24H,7-8H2,1-6H3,(H,22,25)/b14-9+. The van der Waals surface area contributed by atoms with Crippen molar-refractivity contribution < 1.29 is 15.0 Å². The molecular weight excluding hydrogens is 316 g/mol. The van der Waals surface area contributed by atoms with E-state index in [1.165, 1.54) is 6.08 Å². The molecule has 3 N–H and O–H groups in total. The number of hydrogen-bond acceptors (Lipinski definition) is 4. The Morgan fingerprint density at radius 3 is 2.00 bits per heavy atom. The van der Waals surface area contributed by atoms with Crippen molar-refractivity contribution in [3.05, 3.63) is 34.4 Å². The van der Waals surface area contributed by atoms with Crippen LogP contribution < -0.4 is 5.32 Å². The number of phenols is 1. The van der Waals surface area contributed by atoms with Crippen LogP contribution in [-0.4, -0.2) is 29.3 Å². The smallest absolute Gasteiger partial charge is 0.262 e. The minimum absolute atomic E-state index is 0.0427. The first-order chi connectivity index (χ1) is 11.4. The van der Waals surface area contributed by atoms with Gasteiger partial charge in [-0.2, -0.15) is 5.26 Å². The highest BCUT2D eigenvalue weighted by Crippen LogP contribution is 2.40. The van der Waals surface area contributed by atoms with Gasteiger partial charge in [-0.25, -0.2) is 0 Å². The number of rotatable bonds is 4. The summed E-state index contributed by atoms with van der Waals surface area (Å²) in [6, 6.07) is 5.51. The number of nitrogens with one attached hydrogen (secondary N) is 1. The van der Waals surface area contributed by atoms with E-state index in [-0.39, 0.29) is 35.3 Å². The van der Waals surface area contributed by atoms with E-state index in [4.69, 9.17) is 5.11 Å². The van der Waals surface area contributed by atoms with Gasteiger partial charge in [-0.3, -0.25) is 4.79 Å². The molecule has 136 valence electrons. The summed E-state index contributed by atoms with van der Waals surface area (Å²) in [5, 5.41) is 31.3. The van der Waals surface area contributed by atoms with E-state index >= 15 is 0 Å². The van der Waals surface area contributed by atoms with Gasteiger partial charge < -0.3 is 15.5 Å². The normalized spacial score (nSPS) is 12.6. The Bertz CT molecular complexity index is 679. The van der Waals surface area contributed by atoms with Crippen LogP contribution >= 0.6 is 0 Å². The number of aliphatic hydroxyl groups is 1. The molecule has 0 aromatic heterocycles. The number of nitrogens with zero attached hydrogens (tertiary/aromatic N) is 1. The van der Waals surface area contributed by atoms with Crippen LogP contribution in [0.2, 0.25) is 0 Å². The Kier molecular flexibility index (Phi) is 6.39. The maximum Gasteiger partial charge on any atom is 0.262 e. The molecule has 0 aliphatic carbocycles. The van der Waals surface area contributed by atoms with E-state index < -0.39 is 5.91 Å². The van der Waals surface area contributed by atoms with Gasteiger partial charge in [0, 0.05) is 17.7 Å². The minimum Gasteiger partial charge on any atom is -0.507 e. The molecule has 1 aromatic carbocycles. The first-order valence-electron chi connectivity index (χ1n) is 8.30. The van der Waals surface area contributed by atoms with E-state index in [1.54, 1.807) is 12.1 Å². The van der Waals surface area contributed by atoms with Gasteiger partial charge in [-0.05, 0) is 34.6 Å². The van der Waals surface area contributed by atoms with E-state index in [0.29, 0.717) is 5.56 Å². The van der Waals surface area contributed by atoms with E-state index in [2.05, 4.69) is 5.32 Å². The third kappa shape index (κ3) is 5.33. The van der Waals surface area contributed by atoms with Crippen molar-refractivity contribution in [2.45, 2.75) is 52.4 Å². The fourth-order valence-electron chi connectivity index (χ4n) is 2.46. The third-order valence-corrected chi connectivity index (χ3v) is 3.82. The van der Waals surface area contributed by atoms with Crippen molar-refractivity contribution in [2.75, 3.05) is 13.2 Å². The average molecular weight is 344 g/mol. The molecule has 0 saturated carbocycles. The second kappa shape index (κ2) is 7.71. The molecule has 5 nitrogen and oxygen atoms in total. The lowest BCUT2D eigenvalue weighted by molar-refractivity contribution is -0.117. The summed E-state index contributed by atoms with van der Waals surface area (Å²) in [5.41, 5.74) is 1.58. The first-order valence-corrected chi connectivity index (χ1v) is 8.30. The number of nitriles is 1. The molecule has 0 fully saturated rings. The summed E-state index contributed by atoms with van der Waals surface area (Å²) in [6.45, 7) is 11.9. The monoisotopic (exact) mass is 344 g/mol. The number of carbonyl (C=O) groups is 1. The predicted molar refractivity (Wildman–Crippen MR) is 99.2 cm³/mol. The van der Waals surface area contributed by atoms with Gasteiger partial charge in [0.2, 0.25) is 0 Å². The van der Waals surface area contributed by atoms with Crippen molar-refractivity contribution in [1.29, 1.82) is 5.26 Å². The number of carbonyl (C=O) groups excluding carboxylic acids is 1. The molecule has 0 saturated heterocycles. The van der Waals surface area contributed by atoms with Crippen LogP contribution in [0.5, 0.6) is 5.75 Å². The zero-order valence-corrected chi connectivity index (χ0v) is 15.9. The number of phenolic OH excluding ortho intramolecular Hbond substituents is 1. The zero-order chi connectivity index (χ0) is 19.4. The van der Waals surface area contributed by atoms with Gasteiger partial charge in [0.25, 0.3) is 5.91 Å². The molecule has 0 atom stereocenters. The van der Waals surface area contributed by atoms with Gasteiger partial charge in [0.15, 0.2) is 0 Å². The molecule has 0 aliphatic heterocycles. The Morgan fingerprint density at radius 1 is 1.16 bits per heavy atom. The van der Waals surface area contributed by atoms with Crippen LogP contribution in [-0.2, 0) is 15.6 Å². The predicted octanol–water partition coefficient (Wildman–Crippen LogP) is 3.00. The Morgan fingerprint density at radius 2 is 1.64 bits per heavy atom. The summed E-state index contributed by atoms with van der Waals surface area (Å²) in [5.74, 6) is -0.278. The lowest BCUT2D eigenvalue weighted by atomic mass is 9.78. The van der Waals surface area contributed by atoms with Gasteiger partial charge >= 0.3 is 0 Å². The lowest BCUT2D eigenvalue weighted by Gasteiger charge is -2.28.